The molecule has 0 saturated heterocycles. The predicted octanol–water partition coefficient (Wildman–Crippen LogP) is 1.30. The third-order valence-electron chi connectivity index (χ3n) is 1.91. The molecule has 76 valence electrons. The molecule has 0 unspecified atom stereocenters. The first kappa shape index (κ1) is 9.51. The Labute approximate surface area is 85.4 Å². The van der Waals surface area contributed by atoms with Crippen molar-refractivity contribution in [1.29, 1.82) is 0 Å². The van der Waals surface area contributed by atoms with Crippen LogP contribution in [0.2, 0.25) is 0 Å². The maximum Gasteiger partial charge on any atom is 0.237 e. The summed E-state index contributed by atoms with van der Waals surface area (Å²) in [6, 6.07) is 2.77. The van der Waals surface area contributed by atoms with Crippen LogP contribution in [0.15, 0.2) is 37.1 Å². The molecular formula is C10H8FN3O. The maximum absolute atomic E-state index is 12.5. The molecule has 2 heterocycles. The van der Waals surface area contributed by atoms with Crippen LogP contribution in [-0.4, -0.2) is 20.4 Å². The zero-order valence-electron chi connectivity index (χ0n) is 7.80. The molecule has 0 spiro atoms. The first-order valence-electron chi connectivity index (χ1n) is 4.37. The van der Waals surface area contributed by atoms with Crippen molar-refractivity contribution < 1.29 is 9.18 Å². The Morgan fingerprint density at radius 2 is 2.33 bits per heavy atom. The maximum atomic E-state index is 12.5. The number of pyridine rings is 1. The van der Waals surface area contributed by atoms with E-state index in [0.29, 0.717) is 5.69 Å². The molecule has 0 saturated carbocycles. The van der Waals surface area contributed by atoms with E-state index in [4.69, 9.17) is 0 Å². The molecule has 0 atom stereocenters. The molecule has 0 fully saturated rings. The van der Waals surface area contributed by atoms with Gasteiger partial charge in [-0.3, -0.25) is 14.3 Å². The average Bonchev–Trinajstić information content (AvgIpc) is 2.74. The zero-order valence-corrected chi connectivity index (χ0v) is 7.80. The Morgan fingerprint density at radius 1 is 1.47 bits per heavy atom. The number of nitrogens with zero attached hydrogens (tertiary/aromatic N) is 3. The van der Waals surface area contributed by atoms with Gasteiger partial charge in [0.1, 0.15) is 12.1 Å². The van der Waals surface area contributed by atoms with Crippen molar-refractivity contribution in [2.45, 2.75) is 6.42 Å². The molecule has 0 aliphatic heterocycles. The van der Waals surface area contributed by atoms with Gasteiger partial charge in [0.2, 0.25) is 5.91 Å². The summed E-state index contributed by atoms with van der Waals surface area (Å²) in [5.74, 6) is -0.555. The van der Waals surface area contributed by atoms with Crippen molar-refractivity contribution in [2.75, 3.05) is 0 Å². The third kappa shape index (κ3) is 2.25. The van der Waals surface area contributed by atoms with Gasteiger partial charge in [-0.1, -0.05) is 0 Å². The minimum atomic E-state index is -0.408. The molecule has 2 aromatic heterocycles. The van der Waals surface area contributed by atoms with Crippen molar-refractivity contribution in [3.8, 4) is 0 Å². The highest BCUT2D eigenvalue weighted by atomic mass is 19.1. The average molecular weight is 205 g/mol. The Hall–Kier alpha value is -2.04. The Kier molecular flexibility index (Phi) is 2.53. The van der Waals surface area contributed by atoms with Crippen LogP contribution in [0.5, 0.6) is 0 Å². The summed E-state index contributed by atoms with van der Waals surface area (Å²) in [5, 5.41) is 0. The van der Waals surface area contributed by atoms with Crippen LogP contribution in [-0.2, 0) is 6.42 Å². The van der Waals surface area contributed by atoms with Gasteiger partial charge in [0.05, 0.1) is 12.6 Å². The topological polar surface area (TPSA) is 47.8 Å². The van der Waals surface area contributed by atoms with Gasteiger partial charge in [-0.2, -0.15) is 0 Å². The van der Waals surface area contributed by atoms with E-state index in [1.54, 1.807) is 6.20 Å². The standard InChI is InChI=1S/C10H8FN3O/c11-8-1-2-9(13-6-8)5-10(15)14-4-3-12-7-14/h1-4,6-7H,5H2. The number of aromatic nitrogens is 3. The third-order valence-corrected chi connectivity index (χ3v) is 1.91. The van der Waals surface area contributed by atoms with Gasteiger partial charge in [-0.05, 0) is 12.1 Å². The van der Waals surface area contributed by atoms with Gasteiger partial charge in [0.25, 0.3) is 0 Å². The molecule has 0 radical (unpaired) electrons. The van der Waals surface area contributed by atoms with Crippen molar-refractivity contribution in [2.24, 2.45) is 0 Å². The number of carbonyl (C=O) groups is 1. The van der Waals surface area contributed by atoms with Crippen molar-refractivity contribution in [1.82, 2.24) is 14.5 Å². The van der Waals surface area contributed by atoms with Gasteiger partial charge in [0, 0.05) is 18.1 Å². The Bertz CT molecular complexity index is 450. The number of hydrogen-bond acceptors (Lipinski definition) is 3. The molecule has 0 aromatic carbocycles. The fourth-order valence-electron chi connectivity index (χ4n) is 1.16. The molecule has 5 heteroatoms. The fraction of sp³-hybridized carbons (Fsp3) is 0.100. The second-order valence-corrected chi connectivity index (χ2v) is 3.01. The summed E-state index contributed by atoms with van der Waals surface area (Å²) < 4.78 is 13.9. The van der Waals surface area contributed by atoms with Crippen molar-refractivity contribution in [3.05, 3.63) is 48.6 Å². The van der Waals surface area contributed by atoms with Crippen LogP contribution in [0.4, 0.5) is 4.39 Å². The molecule has 15 heavy (non-hydrogen) atoms. The van der Waals surface area contributed by atoms with Crippen LogP contribution < -0.4 is 0 Å². The van der Waals surface area contributed by atoms with Crippen LogP contribution in [0, 0.1) is 5.82 Å². The van der Waals surface area contributed by atoms with E-state index in [9.17, 15) is 9.18 Å². The molecule has 0 aliphatic carbocycles. The lowest BCUT2D eigenvalue weighted by Crippen LogP contribution is -2.12. The smallest absolute Gasteiger partial charge is 0.237 e. The molecule has 0 bridgehead atoms. The normalized spacial score (nSPS) is 10.2. The summed E-state index contributed by atoms with van der Waals surface area (Å²) in [6.07, 6.45) is 5.74. The fourth-order valence-corrected chi connectivity index (χ4v) is 1.16. The monoisotopic (exact) mass is 205 g/mol. The summed E-state index contributed by atoms with van der Waals surface area (Å²) in [4.78, 5) is 19.1. The first-order valence-corrected chi connectivity index (χ1v) is 4.37. The van der Waals surface area contributed by atoms with E-state index in [-0.39, 0.29) is 12.3 Å². The van der Waals surface area contributed by atoms with Crippen LogP contribution in [0.1, 0.15) is 10.5 Å². The SMILES string of the molecule is O=C(Cc1ccc(F)cn1)n1ccnc1. The van der Waals surface area contributed by atoms with Gasteiger partial charge < -0.3 is 0 Å². The number of imidazole rings is 1. The van der Waals surface area contributed by atoms with Crippen molar-refractivity contribution in [3.63, 3.8) is 0 Å². The molecule has 0 amide bonds. The summed E-state index contributed by atoms with van der Waals surface area (Å²) in [7, 11) is 0. The summed E-state index contributed by atoms with van der Waals surface area (Å²) in [6.45, 7) is 0. The van der Waals surface area contributed by atoms with E-state index in [1.807, 2.05) is 0 Å². The molecule has 4 nitrogen and oxygen atoms in total. The van der Waals surface area contributed by atoms with Crippen LogP contribution in [0.25, 0.3) is 0 Å². The number of carbonyl (C=O) groups excluding carboxylic acids is 1. The highest BCUT2D eigenvalue weighted by Crippen LogP contribution is 2.01. The second-order valence-electron chi connectivity index (χ2n) is 3.01. The minimum absolute atomic E-state index is 0.136. The summed E-state index contributed by atoms with van der Waals surface area (Å²) >= 11 is 0. The van der Waals surface area contributed by atoms with Gasteiger partial charge >= 0.3 is 0 Å². The van der Waals surface area contributed by atoms with E-state index >= 15 is 0 Å². The van der Waals surface area contributed by atoms with Crippen LogP contribution >= 0.6 is 0 Å². The summed E-state index contributed by atoms with van der Waals surface area (Å²) in [5.41, 5.74) is 0.537. The quantitative estimate of drug-likeness (QED) is 0.742. The molecule has 0 aliphatic rings. The lowest BCUT2D eigenvalue weighted by atomic mass is 10.2. The van der Waals surface area contributed by atoms with Gasteiger partial charge in [0.15, 0.2) is 0 Å². The molecule has 0 N–H and O–H groups in total. The molecule has 2 rings (SSSR count). The number of halogens is 1. The lowest BCUT2D eigenvalue weighted by Gasteiger charge is -2.00. The lowest BCUT2D eigenvalue weighted by molar-refractivity contribution is 0.0912. The zero-order chi connectivity index (χ0) is 10.7. The Morgan fingerprint density at radius 3 is 2.93 bits per heavy atom. The molecule has 2 aromatic rings. The molecular weight excluding hydrogens is 197 g/mol. The predicted molar refractivity (Wildman–Crippen MR) is 50.8 cm³/mol. The highest BCUT2D eigenvalue weighted by molar-refractivity contribution is 5.80. The van der Waals surface area contributed by atoms with E-state index in [2.05, 4.69) is 9.97 Å². The largest absolute Gasteiger partial charge is 0.276 e. The second kappa shape index (κ2) is 4.00. The number of hydrogen-bond donors (Lipinski definition) is 0. The van der Waals surface area contributed by atoms with Crippen LogP contribution in [0.3, 0.4) is 0 Å². The van der Waals surface area contributed by atoms with E-state index < -0.39 is 5.82 Å². The highest BCUT2D eigenvalue weighted by Gasteiger charge is 2.06. The minimum Gasteiger partial charge on any atom is -0.276 e. The van der Waals surface area contributed by atoms with E-state index in [1.165, 1.54) is 29.2 Å². The van der Waals surface area contributed by atoms with Gasteiger partial charge in [-0.15, -0.1) is 0 Å². The van der Waals surface area contributed by atoms with Crippen molar-refractivity contribution >= 4 is 5.91 Å². The van der Waals surface area contributed by atoms with E-state index in [0.717, 1.165) is 6.20 Å². The van der Waals surface area contributed by atoms with Gasteiger partial charge in [-0.25, -0.2) is 9.37 Å². The Balaban J connectivity index is 2.09. The first-order chi connectivity index (χ1) is 7.25. The number of rotatable bonds is 2.